The summed E-state index contributed by atoms with van der Waals surface area (Å²) in [5.41, 5.74) is 1.10. The molecule has 1 aromatic heterocycles. The van der Waals surface area contributed by atoms with Gasteiger partial charge < -0.3 is 9.64 Å². The molecule has 1 amide bonds. The smallest absolute Gasteiger partial charge is 0.264 e. The Morgan fingerprint density at radius 2 is 2.44 bits per heavy atom. The van der Waals surface area contributed by atoms with Crippen molar-refractivity contribution >= 4 is 44.8 Å². The van der Waals surface area contributed by atoms with Crippen LogP contribution in [0, 0.1) is 6.92 Å². The van der Waals surface area contributed by atoms with E-state index in [0.717, 1.165) is 14.2 Å². The van der Waals surface area contributed by atoms with Gasteiger partial charge in [-0.05, 0) is 41.4 Å². The van der Waals surface area contributed by atoms with Gasteiger partial charge in [-0.3, -0.25) is 4.79 Å². The highest BCUT2D eigenvalue weighted by Gasteiger charge is 2.30. The summed E-state index contributed by atoms with van der Waals surface area (Å²) in [5.74, 6) is 0.489. The van der Waals surface area contributed by atoms with E-state index in [9.17, 15) is 4.79 Å². The molecule has 0 saturated carbocycles. The molecule has 1 aliphatic rings. The number of alkyl halides is 1. The first kappa shape index (κ1) is 14.3. The van der Waals surface area contributed by atoms with Crippen LogP contribution in [0.5, 0.6) is 0 Å². The molecule has 0 N–H and O–H groups in total. The summed E-state index contributed by atoms with van der Waals surface area (Å²) in [5, 5.41) is 0. The third kappa shape index (κ3) is 2.90. The molecule has 2 atom stereocenters. The number of ether oxygens (including phenoxy) is 1. The van der Waals surface area contributed by atoms with E-state index >= 15 is 0 Å². The lowest BCUT2D eigenvalue weighted by molar-refractivity contribution is -0.0370. The van der Waals surface area contributed by atoms with Crippen LogP contribution in [0.15, 0.2) is 9.85 Å². The van der Waals surface area contributed by atoms with Crippen LogP contribution < -0.4 is 0 Å². The standard InChI is InChI=1S/C12H15BrClNO2S/c1-7-3-10(18-11(7)13)12(16)15-5-9(4-14)17-6-8(15)2/h3,8-9H,4-6H2,1-2H3. The maximum atomic E-state index is 12.5. The predicted molar refractivity (Wildman–Crippen MR) is 77.7 cm³/mol. The molecule has 2 heterocycles. The van der Waals surface area contributed by atoms with Gasteiger partial charge in [-0.2, -0.15) is 0 Å². The first-order valence-electron chi connectivity index (χ1n) is 5.77. The van der Waals surface area contributed by atoms with Crippen LogP contribution in [0.2, 0.25) is 0 Å². The number of morpholine rings is 1. The van der Waals surface area contributed by atoms with E-state index in [2.05, 4.69) is 15.9 Å². The highest BCUT2D eigenvalue weighted by Crippen LogP contribution is 2.29. The monoisotopic (exact) mass is 351 g/mol. The van der Waals surface area contributed by atoms with Crippen molar-refractivity contribution in [3.63, 3.8) is 0 Å². The van der Waals surface area contributed by atoms with Crippen LogP contribution >= 0.6 is 38.9 Å². The number of aryl methyl sites for hydroxylation is 1. The molecule has 0 radical (unpaired) electrons. The van der Waals surface area contributed by atoms with Gasteiger partial charge in [0.1, 0.15) is 0 Å². The molecule has 0 spiro atoms. The quantitative estimate of drug-likeness (QED) is 0.764. The highest BCUT2D eigenvalue weighted by molar-refractivity contribution is 9.11. The average molecular weight is 353 g/mol. The second kappa shape index (κ2) is 5.90. The van der Waals surface area contributed by atoms with E-state index in [4.69, 9.17) is 16.3 Å². The van der Waals surface area contributed by atoms with E-state index in [1.165, 1.54) is 11.3 Å². The summed E-state index contributed by atoms with van der Waals surface area (Å²) in [6.45, 7) is 5.10. The molecule has 100 valence electrons. The van der Waals surface area contributed by atoms with Crippen LogP contribution in [0.3, 0.4) is 0 Å². The first-order chi connectivity index (χ1) is 8.52. The summed E-state index contributed by atoms with van der Waals surface area (Å²) in [4.78, 5) is 15.1. The normalized spacial score (nSPS) is 24.3. The summed E-state index contributed by atoms with van der Waals surface area (Å²) in [7, 11) is 0. The number of amides is 1. The second-order valence-corrected chi connectivity index (χ2v) is 7.16. The lowest BCUT2D eigenvalue weighted by atomic mass is 10.2. The minimum atomic E-state index is -0.0590. The van der Waals surface area contributed by atoms with Gasteiger partial charge in [-0.25, -0.2) is 0 Å². The molecular formula is C12H15BrClNO2S. The number of carbonyl (C=O) groups excluding carboxylic acids is 1. The van der Waals surface area contributed by atoms with E-state index in [0.29, 0.717) is 19.0 Å². The molecule has 0 bridgehead atoms. The zero-order valence-corrected chi connectivity index (χ0v) is 13.4. The van der Waals surface area contributed by atoms with Gasteiger partial charge in [0.2, 0.25) is 0 Å². The van der Waals surface area contributed by atoms with Gasteiger partial charge in [0, 0.05) is 6.54 Å². The van der Waals surface area contributed by atoms with Crippen molar-refractivity contribution in [3.05, 3.63) is 20.3 Å². The zero-order chi connectivity index (χ0) is 13.3. The fraction of sp³-hybridized carbons (Fsp3) is 0.583. The number of thiophene rings is 1. The molecule has 0 aliphatic carbocycles. The number of halogens is 2. The zero-order valence-electron chi connectivity index (χ0n) is 10.3. The number of hydrogen-bond acceptors (Lipinski definition) is 3. The topological polar surface area (TPSA) is 29.5 Å². The summed E-state index contributed by atoms with van der Waals surface area (Å²) < 4.78 is 6.57. The number of carbonyl (C=O) groups is 1. The summed E-state index contributed by atoms with van der Waals surface area (Å²) in [6.07, 6.45) is -0.0590. The molecular weight excluding hydrogens is 338 g/mol. The Hall–Kier alpha value is -0.100. The van der Waals surface area contributed by atoms with Crippen LogP contribution in [0.25, 0.3) is 0 Å². The maximum Gasteiger partial charge on any atom is 0.264 e. The summed E-state index contributed by atoms with van der Waals surface area (Å²) >= 11 is 10.7. The fourth-order valence-electron chi connectivity index (χ4n) is 1.90. The Bertz CT molecular complexity index is 432. The van der Waals surface area contributed by atoms with Gasteiger partial charge in [0.15, 0.2) is 0 Å². The van der Waals surface area contributed by atoms with Crippen molar-refractivity contribution in [1.82, 2.24) is 4.90 Å². The van der Waals surface area contributed by atoms with Gasteiger partial charge in [0.05, 0.1) is 33.3 Å². The van der Waals surface area contributed by atoms with Crippen molar-refractivity contribution in [2.24, 2.45) is 0 Å². The minimum absolute atomic E-state index is 0.0590. The highest BCUT2D eigenvalue weighted by atomic mass is 79.9. The molecule has 6 heteroatoms. The van der Waals surface area contributed by atoms with Crippen molar-refractivity contribution in [3.8, 4) is 0 Å². The van der Waals surface area contributed by atoms with Crippen molar-refractivity contribution in [1.29, 1.82) is 0 Å². The SMILES string of the molecule is Cc1cc(C(=O)N2CC(CCl)OCC2C)sc1Br. The number of nitrogens with zero attached hydrogens (tertiary/aromatic N) is 1. The molecule has 1 fully saturated rings. The van der Waals surface area contributed by atoms with Gasteiger partial charge in [-0.15, -0.1) is 22.9 Å². The maximum absolute atomic E-state index is 12.5. The summed E-state index contributed by atoms with van der Waals surface area (Å²) in [6, 6.07) is 2.02. The van der Waals surface area contributed by atoms with Crippen molar-refractivity contribution < 1.29 is 9.53 Å². The lowest BCUT2D eigenvalue weighted by Crippen LogP contribution is -2.51. The van der Waals surface area contributed by atoms with Crippen LogP contribution in [0.1, 0.15) is 22.2 Å². The largest absolute Gasteiger partial charge is 0.373 e. The molecule has 2 unspecified atom stereocenters. The Labute approximate surface area is 124 Å². The minimum Gasteiger partial charge on any atom is -0.373 e. The van der Waals surface area contributed by atoms with E-state index in [-0.39, 0.29) is 18.1 Å². The van der Waals surface area contributed by atoms with Crippen LogP contribution in [0.4, 0.5) is 0 Å². The van der Waals surface area contributed by atoms with Gasteiger partial charge >= 0.3 is 0 Å². The molecule has 1 aliphatic heterocycles. The lowest BCUT2D eigenvalue weighted by Gasteiger charge is -2.37. The average Bonchev–Trinajstić information content (AvgIpc) is 2.69. The van der Waals surface area contributed by atoms with Gasteiger partial charge in [0.25, 0.3) is 5.91 Å². The van der Waals surface area contributed by atoms with Crippen molar-refractivity contribution in [2.75, 3.05) is 19.0 Å². The molecule has 0 aromatic carbocycles. The Morgan fingerprint density at radius 1 is 1.72 bits per heavy atom. The van der Waals surface area contributed by atoms with E-state index < -0.39 is 0 Å². The Morgan fingerprint density at radius 3 is 3.00 bits per heavy atom. The molecule has 1 aromatic rings. The number of hydrogen-bond donors (Lipinski definition) is 0. The third-order valence-corrected chi connectivity index (χ3v) is 5.48. The van der Waals surface area contributed by atoms with Crippen LogP contribution in [-0.2, 0) is 4.74 Å². The first-order valence-corrected chi connectivity index (χ1v) is 7.91. The van der Waals surface area contributed by atoms with Crippen LogP contribution in [-0.4, -0.2) is 42.0 Å². The number of rotatable bonds is 2. The molecule has 1 saturated heterocycles. The van der Waals surface area contributed by atoms with Gasteiger partial charge in [-0.1, -0.05) is 0 Å². The molecule has 18 heavy (non-hydrogen) atoms. The molecule has 3 nitrogen and oxygen atoms in total. The van der Waals surface area contributed by atoms with E-state index in [1.54, 1.807) is 0 Å². The van der Waals surface area contributed by atoms with Crippen molar-refractivity contribution in [2.45, 2.75) is 26.0 Å². The third-order valence-electron chi connectivity index (χ3n) is 3.01. The molecule has 2 rings (SSSR count). The Balaban J connectivity index is 2.16. The Kier molecular flexibility index (Phi) is 4.69. The van der Waals surface area contributed by atoms with E-state index in [1.807, 2.05) is 24.8 Å². The fourth-order valence-corrected chi connectivity index (χ4v) is 3.58. The predicted octanol–water partition coefficient (Wildman–Crippen LogP) is 3.29. The second-order valence-electron chi connectivity index (χ2n) is 4.48.